The fourth-order valence-corrected chi connectivity index (χ4v) is 4.46. The lowest BCUT2D eigenvalue weighted by molar-refractivity contribution is -0.110. The summed E-state index contributed by atoms with van der Waals surface area (Å²) in [4.78, 5) is 15.8. The second-order valence-electron chi connectivity index (χ2n) is 6.81. The highest BCUT2D eigenvalue weighted by Crippen LogP contribution is 2.35. The highest BCUT2D eigenvalue weighted by Gasteiger charge is 2.27. The first kappa shape index (κ1) is 17.5. The minimum absolute atomic E-state index is 0.133. The Hall–Kier alpha value is -2.90. The van der Waals surface area contributed by atoms with Crippen molar-refractivity contribution in [2.24, 2.45) is 0 Å². The van der Waals surface area contributed by atoms with Crippen LogP contribution in [0.15, 0.2) is 53.4 Å². The number of para-hydroxylation sites is 1. The number of sulfonamides is 1. The van der Waals surface area contributed by atoms with Crippen molar-refractivity contribution in [1.29, 1.82) is 0 Å². The lowest BCUT2D eigenvalue weighted by Crippen LogP contribution is -2.30. The topological polar surface area (TPSA) is 91.1 Å². The number of nitrogens with one attached hydrogen (secondary N) is 3. The number of H-pyrrole nitrogens is 1. The maximum Gasteiger partial charge on any atom is 0.256 e. The third kappa shape index (κ3) is 3.27. The van der Waals surface area contributed by atoms with Crippen LogP contribution in [-0.4, -0.2) is 25.4 Å². The van der Waals surface area contributed by atoms with E-state index in [1.54, 1.807) is 26.0 Å². The molecule has 27 heavy (non-hydrogen) atoms. The Balaban J connectivity index is 1.79. The third-order valence-electron chi connectivity index (χ3n) is 4.33. The number of fused-ring (bicyclic) bond motifs is 2. The van der Waals surface area contributed by atoms with Crippen LogP contribution in [0.2, 0.25) is 0 Å². The molecule has 0 atom stereocenters. The molecule has 2 heterocycles. The number of benzene rings is 2. The molecule has 0 saturated carbocycles. The summed E-state index contributed by atoms with van der Waals surface area (Å²) in [5.41, 5.74) is 3.36. The predicted molar refractivity (Wildman–Crippen MR) is 107 cm³/mol. The number of amides is 1. The SMILES string of the molecule is CC(C)NS(=O)(=O)c1ccc2c(c1)/C(=C/c1cc3ccccc3[nH]1)C(=O)N2. The van der Waals surface area contributed by atoms with Crippen LogP contribution in [0.25, 0.3) is 22.6 Å². The van der Waals surface area contributed by atoms with E-state index in [1.165, 1.54) is 12.1 Å². The normalized spacial score (nSPS) is 15.5. The van der Waals surface area contributed by atoms with Gasteiger partial charge < -0.3 is 10.3 Å². The predicted octanol–water partition coefficient (Wildman–Crippen LogP) is 3.35. The summed E-state index contributed by atoms with van der Waals surface area (Å²) < 4.78 is 27.5. The Labute approximate surface area is 157 Å². The second kappa shape index (κ2) is 6.37. The van der Waals surface area contributed by atoms with Gasteiger partial charge in [-0.2, -0.15) is 0 Å². The molecular formula is C20H19N3O3S. The molecule has 1 aliphatic rings. The largest absolute Gasteiger partial charge is 0.355 e. The standard InChI is InChI=1S/C20H19N3O3S/c1-12(2)23-27(25,26)15-7-8-19-16(11-15)17(20(24)22-19)10-14-9-13-5-3-4-6-18(13)21-14/h3-12,21,23H,1-2H3,(H,22,24)/b17-10-. The molecule has 1 aliphatic heterocycles. The Bertz CT molecular complexity index is 1160. The monoisotopic (exact) mass is 381 g/mol. The van der Waals surface area contributed by atoms with Crippen molar-refractivity contribution in [3.05, 3.63) is 59.8 Å². The minimum atomic E-state index is -3.64. The van der Waals surface area contributed by atoms with E-state index in [-0.39, 0.29) is 16.8 Å². The molecule has 0 aliphatic carbocycles. The van der Waals surface area contributed by atoms with Gasteiger partial charge >= 0.3 is 0 Å². The van der Waals surface area contributed by atoms with Crippen LogP contribution in [0.4, 0.5) is 5.69 Å². The van der Waals surface area contributed by atoms with Gasteiger partial charge in [-0.3, -0.25) is 4.79 Å². The van der Waals surface area contributed by atoms with Crippen LogP contribution in [0.5, 0.6) is 0 Å². The van der Waals surface area contributed by atoms with E-state index < -0.39 is 10.0 Å². The fraction of sp³-hybridized carbons (Fsp3) is 0.150. The minimum Gasteiger partial charge on any atom is -0.355 e. The van der Waals surface area contributed by atoms with Crippen LogP contribution in [0, 0.1) is 0 Å². The van der Waals surface area contributed by atoms with Gasteiger partial charge in [0.05, 0.1) is 10.5 Å². The Kier molecular flexibility index (Phi) is 4.13. The molecule has 0 radical (unpaired) electrons. The molecule has 0 saturated heterocycles. The number of carbonyl (C=O) groups excluding carboxylic acids is 1. The first-order valence-corrected chi connectivity index (χ1v) is 10.1. The molecule has 0 fully saturated rings. The van der Waals surface area contributed by atoms with E-state index >= 15 is 0 Å². The molecule has 2 aromatic carbocycles. The maximum absolute atomic E-state index is 12.5. The highest BCUT2D eigenvalue weighted by atomic mass is 32.2. The van der Waals surface area contributed by atoms with E-state index in [4.69, 9.17) is 0 Å². The summed E-state index contributed by atoms with van der Waals surface area (Å²) in [5, 5.41) is 3.83. The molecule has 1 aromatic heterocycles. The van der Waals surface area contributed by atoms with E-state index in [1.807, 2.05) is 30.3 Å². The Morgan fingerprint density at radius 3 is 2.59 bits per heavy atom. The van der Waals surface area contributed by atoms with E-state index in [0.717, 1.165) is 16.6 Å². The van der Waals surface area contributed by atoms with Gasteiger partial charge in [-0.25, -0.2) is 13.1 Å². The van der Waals surface area contributed by atoms with Crippen LogP contribution in [0.1, 0.15) is 25.1 Å². The molecular weight excluding hydrogens is 362 g/mol. The zero-order valence-electron chi connectivity index (χ0n) is 14.9. The van der Waals surface area contributed by atoms with Gasteiger partial charge in [0, 0.05) is 28.5 Å². The van der Waals surface area contributed by atoms with Crippen molar-refractivity contribution in [2.45, 2.75) is 24.8 Å². The summed E-state index contributed by atoms with van der Waals surface area (Å²) >= 11 is 0. The lowest BCUT2D eigenvalue weighted by atomic mass is 10.1. The summed E-state index contributed by atoms with van der Waals surface area (Å²) in [6.07, 6.45) is 1.74. The molecule has 1 amide bonds. The van der Waals surface area contributed by atoms with Crippen LogP contribution in [0.3, 0.4) is 0 Å². The molecule has 0 unspecified atom stereocenters. The Morgan fingerprint density at radius 2 is 1.85 bits per heavy atom. The Morgan fingerprint density at radius 1 is 1.07 bits per heavy atom. The zero-order valence-corrected chi connectivity index (χ0v) is 15.7. The van der Waals surface area contributed by atoms with Crippen LogP contribution in [-0.2, 0) is 14.8 Å². The third-order valence-corrected chi connectivity index (χ3v) is 5.98. The average molecular weight is 381 g/mol. The van der Waals surface area contributed by atoms with E-state index in [0.29, 0.717) is 16.8 Å². The average Bonchev–Trinajstić information content (AvgIpc) is 3.14. The molecule has 138 valence electrons. The van der Waals surface area contributed by atoms with Crippen LogP contribution >= 0.6 is 0 Å². The fourth-order valence-electron chi connectivity index (χ4n) is 3.19. The quantitative estimate of drug-likeness (QED) is 0.605. The number of hydrogen-bond acceptors (Lipinski definition) is 3. The molecule has 0 spiro atoms. The van der Waals surface area contributed by atoms with Crippen molar-refractivity contribution in [2.75, 3.05) is 5.32 Å². The van der Waals surface area contributed by atoms with Gasteiger partial charge in [0.1, 0.15) is 0 Å². The van der Waals surface area contributed by atoms with Gasteiger partial charge in [-0.1, -0.05) is 18.2 Å². The molecule has 3 N–H and O–H groups in total. The summed E-state index contributed by atoms with van der Waals surface area (Å²) in [6.45, 7) is 3.52. The number of carbonyl (C=O) groups is 1. The number of hydrogen-bond donors (Lipinski definition) is 3. The highest BCUT2D eigenvalue weighted by molar-refractivity contribution is 7.89. The zero-order chi connectivity index (χ0) is 19.2. The second-order valence-corrected chi connectivity index (χ2v) is 8.52. The number of rotatable bonds is 4. The number of anilines is 1. The first-order chi connectivity index (χ1) is 12.8. The van der Waals surface area contributed by atoms with Crippen LogP contribution < -0.4 is 10.0 Å². The lowest BCUT2D eigenvalue weighted by Gasteiger charge is -2.10. The van der Waals surface area contributed by atoms with Crippen molar-refractivity contribution < 1.29 is 13.2 Å². The van der Waals surface area contributed by atoms with E-state index in [2.05, 4.69) is 15.0 Å². The maximum atomic E-state index is 12.5. The van der Waals surface area contributed by atoms with Gasteiger partial charge in [0.15, 0.2) is 0 Å². The van der Waals surface area contributed by atoms with Crippen molar-refractivity contribution in [3.8, 4) is 0 Å². The van der Waals surface area contributed by atoms with Crippen molar-refractivity contribution in [3.63, 3.8) is 0 Å². The first-order valence-electron chi connectivity index (χ1n) is 8.61. The molecule has 7 heteroatoms. The van der Waals surface area contributed by atoms with Gasteiger partial charge in [-0.05, 0) is 55.6 Å². The van der Waals surface area contributed by atoms with Gasteiger partial charge in [0.2, 0.25) is 10.0 Å². The number of aromatic amines is 1. The summed E-state index contributed by atoms with van der Waals surface area (Å²) in [5.74, 6) is -0.255. The summed E-state index contributed by atoms with van der Waals surface area (Å²) in [7, 11) is -3.64. The summed E-state index contributed by atoms with van der Waals surface area (Å²) in [6, 6.07) is 14.2. The van der Waals surface area contributed by atoms with Gasteiger partial charge in [0.25, 0.3) is 5.91 Å². The van der Waals surface area contributed by atoms with Gasteiger partial charge in [-0.15, -0.1) is 0 Å². The van der Waals surface area contributed by atoms with E-state index in [9.17, 15) is 13.2 Å². The van der Waals surface area contributed by atoms with Crippen molar-refractivity contribution >= 4 is 44.2 Å². The number of aromatic nitrogens is 1. The molecule has 6 nitrogen and oxygen atoms in total. The smallest absolute Gasteiger partial charge is 0.256 e. The molecule has 3 aromatic rings. The molecule has 0 bridgehead atoms. The van der Waals surface area contributed by atoms with Crippen molar-refractivity contribution in [1.82, 2.24) is 9.71 Å². The molecule has 4 rings (SSSR count).